The highest BCUT2D eigenvalue weighted by atomic mass is 16.5. The lowest BCUT2D eigenvalue weighted by Crippen LogP contribution is -2.28. The van der Waals surface area contributed by atoms with E-state index in [9.17, 15) is 9.59 Å². The molecule has 1 N–H and O–H groups in total. The van der Waals surface area contributed by atoms with Crippen LogP contribution in [0, 0.1) is 6.92 Å². The van der Waals surface area contributed by atoms with Crippen LogP contribution in [0.4, 0.5) is 0 Å². The summed E-state index contributed by atoms with van der Waals surface area (Å²) in [7, 11) is 3.18. The number of hydrogen-bond donors (Lipinski definition) is 1. The van der Waals surface area contributed by atoms with Crippen molar-refractivity contribution in [2.75, 3.05) is 13.7 Å². The van der Waals surface area contributed by atoms with E-state index in [2.05, 4.69) is 20.5 Å². The van der Waals surface area contributed by atoms with E-state index in [1.807, 2.05) is 31.2 Å². The number of nitrogens with one attached hydrogen (secondary N) is 1. The first-order chi connectivity index (χ1) is 15.0. The lowest BCUT2D eigenvalue weighted by atomic mass is 10.1. The molecule has 0 saturated carbocycles. The number of carbonyl (C=O) groups excluding carboxylic acids is 1. The second kappa shape index (κ2) is 8.42. The summed E-state index contributed by atoms with van der Waals surface area (Å²) >= 11 is 0. The Labute approximate surface area is 178 Å². The molecule has 1 amide bonds. The van der Waals surface area contributed by atoms with E-state index in [0.717, 1.165) is 11.1 Å². The van der Waals surface area contributed by atoms with Gasteiger partial charge in [-0.05, 0) is 12.5 Å². The van der Waals surface area contributed by atoms with Crippen molar-refractivity contribution < 1.29 is 9.53 Å². The molecule has 4 rings (SSSR count). The maximum absolute atomic E-state index is 12.8. The SMILES string of the molecule is COc1nn(C)cc1C(=O)NCCn1ncc2c(=O)n(Cc3cccc(C)c3)cnc21. The number of ether oxygens (including phenoxy) is 1. The van der Waals surface area contributed by atoms with Gasteiger partial charge in [-0.2, -0.15) is 5.10 Å². The molecule has 0 bridgehead atoms. The number of hydrogen-bond acceptors (Lipinski definition) is 6. The molecule has 0 radical (unpaired) electrons. The molecule has 10 heteroatoms. The molecular formula is C21H23N7O3. The molecule has 3 aromatic heterocycles. The molecule has 0 unspecified atom stereocenters. The molecule has 160 valence electrons. The smallest absolute Gasteiger partial charge is 0.264 e. The van der Waals surface area contributed by atoms with Gasteiger partial charge in [-0.15, -0.1) is 5.10 Å². The number of aryl methyl sites for hydroxylation is 2. The number of fused-ring (bicyclic) bond motifs is 1. The normalized spacial score (nSPS) is 11.1. The number of benzene rings is 1. The molecule has 0 aliphatic carbocycles. The van der Waals surface area contributed by atoms with Crippen LogP contribution in [0.5, 0.6) is 5.88 Å². The monoisotopic (exact) mass is 421 g/mol. The largest absolute Gasteiger partial charge is 0.479 e. The number of methoxy groups -OCH3 is 1. The first-order valence-electron chi connectivity index (χ1n) is 9.78. The Balaban J connectivity index is 1.46. The van der Waals surface area contributed by atoms with Crippen molar-refractivity contribution >= 4 is 16.9 Å². The molecule has 31 heavy (non-hydrogen) atoms. The molecule has 1 aromatic carbocycles. The van der Waals surface area contributed by atoms with Gasteiger partial charge in [0.25, 0.3) is 11.5 Å². The van der Waals surface area contributed by atoms with Gasteiger partial charge in [0.15, 0.2) is 5.65 Å². The minimum absolute atomic E-state index is 0.151. The van der Waals surface area contributed by atoms with Crippen LogP contribution in [0.2, 0.25) is 0 Å². The fraction of sp³-hybridized carbons (Fsp3) is 0.286. The van der Waals surface area contributed by atoms with Crippen LogP contribution in [0.3, 0.4) is 0 Å². The van der Waals surface area contributed by atoms with Crippen LogP contribution in [0.1, 0.15) is 21.5 Å². The van der Waals surface area contributed by atoms with Gasteiger partial charge in [0.05, 0.1) is 26.4 Å². The van der Waals surface area contributed by atoms with Gasteiger partial charge in [-0.1, -0.05) is 29.8 Å². The Hall–Kier alpha value is -3.95. The number of nitrogens with zero attached hydrogens (tertiary/aromatic N) is 6. The van der Waals surface area contributed by atoms with Crippen molar-refractivity contribution in [3.63, 3.8) is 0 Å². The Kier molecular flexibility index (Phi) is 5.52. The van der Waals surface area contributed by atoms with Crippen LogP contribution in [0.15, 0.2) is 47.8 Å². The van der Waals surface area contributed by atoms with E-state index >= 15 is 0 Å². The van der Waals surface area contributed by atoms with E-state index in [-0.39, 0.29) is 17.3 Å². The summed E-state index contributed by atoms with van der Waals surface area (Å²) in [6.07, 6.45) is 4.64. The number of carbonyl (C=O) groups is 1. The highest BCUT2D eigenvalue weighted by Gasteiger charge is 2.16. The molecule has 0 aliphatic heterocycles. The average molecular weight is 421 g/mol. The van der Waals surface area contributed by atoms with Gasteiger partial charge in [0.2, 0.25) is 5.88 Å². The second-order valence-corrected chi connectivity index (χ2v) is 7.25. The molecule has 0 fully saturated rings. The van der Waals surface area contributed by atoms with Crippen molar-refractivity contribution in [1.29, 1.82) is 0 Å². The standard InChI is InChI=1S/C21H23N7O3/c1-14-5-4-6-15(9-14)11-27-13-23-18-16(21(27)30)10-24-28(18)8-7-22-19(29)17-12-26(2)25-20(17)31-3/h4-6,9-10,12-13H,7-8,11H2,1-3H3,(H,22,29). The van der Waals surface area contributed by atoms with Crippen LogP contribution >= 0.6 is 0 Å². The lowest BCUT2D eigenvalue weighted by Gasteiger charge is -2.08. The Morgan fingerprint density at radius 3 is 2.90 bits per heavy atom. The van der Waals surface area contributed by atoms with Gasteiger partial charge in [-0.25, -0.2) is 9.67 Å². The van der Waals surface area contributed by atoms with E-state index in [1.54, 1.807) is 22.5 Å². The van der Waals surface area contributed by atoms with Crippen LogP contribution in [-0.4, -0.2) is 48.7 Å². The Bertz CT molecular complexity index is 1300. The summed E-state index contributed by atoms with van der Waals surface area (Å²) in [5.74, 6) is -0.0322. The van der Waals surface area contributed by atoms with E-state index in [0.29, 0.717) is 36.2 Å². The van der Waals surface area contributed by atoms with Gasteiger partial charge < -0.3 is 10.1 Å². The molecule has 3 heterocycles. The molecule has 10 nitrogen and oxygen atoms in total. The minimum Gasteiger partial charge on any atom is -0.479 e. The van der Waals surface area contributed by atoms with Crippen molar-refractivity contribution in [3.8, 4) is 5.88 Å². The zero-order valence-electron chi connectivity index (χ0n) is 17.6. The molecule has 0 aliphatic rings. The second-order valence-electron chi connectivity index (χ2n) is 7.25. The maximum Gasteiger partial charge on any atom is 0.264 e. The summed E-state index contributed by atoms with van der Waals surface area (Å²) in [6, 6.07) is 8.00. The summed E-state index contributed by atoms with van der Waals surface area (Å²) in [5.41, 5.74) is 2.86. The highest BCUT2D eigenvalue weighted by molar-refractivity contribution is 5.96. The third-order valence-corrected chi connectivity index (χ3v) is 4.90. The van der Waals surface area contributed by atoms with E-state index in [1.165, 1.54) is 24.3 Å². The Morgan fingerprint density at radius 1 is 1.29 bits per heavy atom. The maximum atomic E-state index is 12.8. The van der Waals surface area contributed by atoms with Crippen LogP contribution < -0.4 is 15.6 Å². The van der Waals surface area contributed by atoms with Gasteiger partial charge in [-0.3, -0.25) is 18.8 Å². The van der Waals surface area contributed by atoms with Crippen molar-refractivity contribution in [1.82, 2.24) is 34.4 Å². The molecular weight excluding hydrogens is 398 g/mol. The zero-order chi connectivity index (χ0) is 22.0. The number of rotatable bonds is 7. The average Bonchev–Trinajstić information content (AvgIpc) is 3.34. The predicted molar refractivity (Wildman–Crippen MR) is 114 cm³/mol. The quantitative estimate of drug-likeness (QED) is 0.479. The number of aromatic nitrogens is 6. The fourth-order valence-electron chi connectivity index (χ4n) is 3.43. The lowest BCUT2D eigenvalue weighted by molar-refractivity contribution is 0.0949. The fourth-order valence-corrected chi connectivity index (χ4v) is 3.43. The van der Waals surface area contributed by atoms with Crippen LogP contribution in [0.25, 0.3) is 11.0 Å². The zero-order valence-corrected chi connectivity index (χ0v) is 17.6. The minimum atomic E-state index is -0.296. The third kappa shape index (κ3) is 4.18. The molecule has 4 aromatic rings. The summed E-state index contributed by atoms with van der Waals surface area (Å²) in [5, 5.41) is 11.6. The summed E-state index contributed by atoms with van der Waals surface area (Å²) in [6.45, 7) is 3.13. The third-order valence-electron chi connectivity index (χ3n) is 4.90. The molecule has 0 atom stereocenters. The van der Waals surface area contributed by atoms with E-state index in [4.69, 9.17) is 4.74 Å². The van der Waals surface area contributed by atoms with Gasteiger partial charge >= 0.3 is 0 Å². The predicted octanol–water partition coefficient (Wildman–Crippen LogP) is 1.12. The first-order valence-corrected chi connectivity index (χ1v) is 9.78. The number of amides is 1. The molecule has 0 spiro atoms. The Morgan fingerprint density at radius 2 is 2.13 bits per heavy atom. The molecule has 0 saturated heterocycles. The summed E-state index contributed by atoms with van der Waals surface area (Å²) < 4.78 is 9.80. The topological polar surface area (TPSA) is 109 Å². The van der Waals surface area contributed by atoms with Crippen molar-refractivity contribution in [3.05, 3.63) is 70.0 Å². The van der Waals surface area contributed by atoms with Crippen molar-refractivity contribution in [2.45, 2.75) is 20.0 Å². The van der Waals surface area contributed by atoms with Crippen molar-refractivity contribution in [2.24, 2.45) is 7.05 Å². The first kappa shape index (κ1) is 20.3. The van der Waals surface area contributed by atoms with Gasteiger partial charge in [0.1, 0.15) is 17.3 Å². The van der Waals surface area contributed by atoms with Gasteiger partial charge in [0, 0.05) is 19.8 Å². The highest BCUT2D eigenvalue weighted by Crippen LogP contribution is 2.14. The van der Waals surface area contributed by atoms with E-state index < -0.39 is 0 Å². The van der Waals surface area contributed by atoms with Crippen LogP contribution in [-0.2, 0) is 20.1 Å². The summed E-state index contributed by atoms with van der Waals surface area (Å²) in [4.78, 5) is 29.7.